The molecule has 0 atom stereocenters. The van der Waals surface area contributed by atoms with Crippen LogP contribution < -0.4 is 5.32 Å². The first kappa shape index (κ1) is 16.0. The van der Waals surface area contributed by atoms with Gasteiger partial charge in [0.25, 0.3) is 0 Å². The number of nitrogens with one attached hydrogen (secondary N) is 1. The molecule has 21 heavy (non-hydrogen) atoms. The van der Waals surface area contributed by atoms with E-state index in [-0.39, 0.29) is 5.91 Å². The van der Waals surface area contributed by atoms with E-state index in [9.17, 15) is 4.79 Å². The average Bonchev–Trinajstić information content (AvgIpc) is 3.00. The maximum absolute atomic E-state index is 12.3. The summed E-state index contributed by atoms with van der Waals surface area (Å²) in [4.78, 5) is 14.6. The Morgan fingerprint density at radius 1 is 1.33 bits per heavy atom. The van der Waals surface area contributed by atoms with E-state index in [4.69, 9.17) is 4.74 Å². The van der Waals surface area contributed by atoms with E-state index >= 15 is 0 Å². The Kier molecular flexibility index (Phi) is 6.21. The summed E-state index contributed by atoms with van der Waals surface area (Å²) in [6, 6.07) is 8.41. The zero-order valence-electron chi connectivity index (χ0n) is 13.1. The summed E-state index contributed by atoms with van der Waals surface area (Å²) in [5.74, 6) is 0.0623. The topological polar surface area (TPSA) is 41.6 Å². The van der Waals surface area contributed by atoms with Crippen molar-refractivity contribution in [2.24, 2.45) is 0 Å². The van der Waals surface area contributed by atoms with Crippen molar-refractivity contribution >= 4 is 11.6 Å². The Bertz CT molecular complexity index is 456. The van der Waals surface area contributed by atoms with Gasteiger partial charge in [-0.15, -0.1) is 0 Å². The number of amides is 1. The minimum Gasteiger partial charge on any atom is -0.383 e. The van der Waals surface area contributed by atoms with Crippen LogP contribution >= 0.6 is 0 Å². The van der Waals surface area contributed by atoms with Crippen LogP contribution in [0, 0.1) is 6.92 Å². The highest BCUT2D eigenvalue weighted by Gasteiger charge is 2.24. The molecule has 1 N–H and O–H groups in total. The number of nitrogens with zero attached hydrogens (tertiary/aromatic N) is 1. The summed E-state index contributed by atoms with van der Waals surface area (Å²) in [7, 11) is 1.71. The van der Waals surface area contributed by atoms with Gasteiger partial charge < -0.3 is 10.1 Å². The third-order valence-electron chi connectivity index (χ3n) is 4.19. The molecule has 2 rings (SSSR count). The van der Waals surface area contributed by atoms with Crippen molar-refractivity contribution in [2.75, 3.05) is 32.1 Å². The molecule has 4 heteroatoms. The number of hydrogen-bond donors (Lipinski definition) is 1. The van der Waals surface area contributed by atoms with Crippen LogP contribution in [0.3, 0.4) is 0 Å². The van der Waals surface area contributed by atoms with Gasteiger partial charge in [-0.2, -0.15) is 0 Å². The Morgan fingerprint density at radius 3 is 2.71 bits per heavy atom. The summed E-state index contributed by atoms with van der Waals surface area (Å²) in [5.41, 5.74) is 2.00. The molecule has 0 aromatic heterocycles. The van der Waals surface area contributed by atoms with Crippen molar-refractivity contribution in [3.63, 3.8) is 0 Å². The standard InChI is InChI=1S/C17H26N2O2/c1-14-7-3-6-10-16(14)18-17(20)13-19(11-12-21-2)15-8-4-5-9-15/h3,6-7,10,15H,4-5,8-9,11-13H2,1-2H3,(H,18,20). The molecule has 0 saturated heterocycles. The molecule has 1 fully saturated rings. The predicted molar refractivity (Wildman–Crippen MR) is 85.5 cm³/mol. The number of carbonyl (C=O) groups excluding carboxylic acids is 1. The molecular formula is C17H26N2O2. The van der Waals surface area contributed by atoms with Gasteiger partial charge in [-0.25, -0.2) is 0 Å². The van der Waals surface area contributed by atoms with E-state index in [1.54, 1.807) is 7.11 Å². The molecule has 4 nitrogen and oxygen atoms in total. The van der Waals surface area contributed by atoms with Gasteiger partial charge in [-0.1, -0.05) is 31.0 Å². The monoisotopic (exact) mass is 290 g/mol. The van der Waals surface area contributed by atoms with E-state index in [1.165, 1.54) is 25.7 Å². The lowest BCUT2D eigenvalue weighted by Gasteiger charge is -2.27. The fourth-order valence-corrected chi connectivity index (χ4v) is 2.96. The SMILES string of the molecule is COCCN(CC(=O)Nc1ccccc1C)C1CCCC1. The minimum absolute atomic E-state index is 0.0623. The van der Waals surface area contributed by atoms with E-state index < -0.39 is 0 Å². The van der Waals surface area contributed by atoms with Crippen molar-refractivity contribution in [3.05, 3.63) is 29.8 Å². The zero-order valence-corrected chi connectivity index (χ0v) is 13.1. The van der Waals surface area contributed by atoms with E-state index in [1.807, 2.05) is 31.2 Å². The van der Waals surface area contributed by atoms with Crippen molar-refractivity contribution in [2.45, 2.75) is 38.6 Å². The number of ether oxygens (including phenoxy) is 1. The van der Waals surface area contributed by atoms with Gasteiger partial charge in [0.05, 0.1) is 13.2 Å². The molecule has 1 aromatic rings. The van der Waals surface area contributed by atoms with Crippen LogP contribution in [-0.2, 0) is 9.53 Å². The average molecular weight is 290 g/mol. The van der Waals surface area contributed by atoms with Crippen molar-refractivity contribution in [3.8, 4) is 0 Å². The van der Waals surface area contributed by atoms with Crippen LogP contribution in [-0.4, -0.2) is 43.7 Å². The fraction of sp³-hybridized carbons (Fsp3) is 0.588. The Morgan fingerprint density at radius 2 is 2.05 bits per heavy atom. The van der Waals surface area contributed by atoms with Crippen LogP contribution in [0.25, 0.3) is 0 Å². The van der Waals surface area contributed by atoms with Gasteiger partial charge >= 0.3 is 0 Å². The molecule has 1 saturated carbocycles. The van der Waals surface area contributed by atoms with Gasteiger partial charge in [0.15, 0.2) is 0 Å². The molecule has 0 spiro atoms. The van der Waals surface area contributed by atoms with E-state index in [0.717, 1.165) is 17.8 Å². The number of methoxy groups -OCH3 is 1. The van der Waals surface area contributed by atoms with Gasteiger partial charge in [-0.3, -0.25) is 9.69 Å². The van der Waals surface area contributed by atoms with Crippen molar-refractivity contribution in [1.82, 2.24) is 4.90 Å². The van der Waals surface area contributed by atoms with E-state index in [0.29, 0.717) is 19.2 Å². The van der Waals surface area contributed by atoms with Crippen LogP contribution in [0.5, 0.6) is 0 Å². The summed E-state index contributed by atoms with van der Waals surface area (Å²) >= 11 is 0. The number of rotatable bonds is 7. The Hall–Kier alpha value is -1.39. The molecule has 1 amide bonds. The lowest BCUT2D eigenvalue weighted by Crippen LogP contribution is -2.41. The summed E-state index contributed by atoms with van der Waals surface area (Å²) in [6.07, 6.45) is 4.93. The highest BCUT2D eigenvalue weighted by atomic mass is 16.5. The fourth-order valence-electron chi connectivity index (χ4n) is 2.96. The minimum atomic E-state index is 0.0623. The maximum Gasteiger partial charge on any atom is 0.238 e. The zero-order chi connectivity index (χ0) is 15.1. The number of anilines is 1. The first-order chi connectivity index (χ1) is 10.2. The highest BCUT2D eigenvalue weighted by Crippen LogP contribution is 2.23. The number of carbonyl (C=O) groups is 1. The van der Waals surface area contributed by atoms with Crippen LogP contribution in [0.1, 0.15) is 31.2 Å². The molecule has 0 radical (unpaired) electrons. The second kappa shape index (κ2) is 8.15. The number of para-hydroxylation sites is 1. The molecule has 1 aliphatic rings. The molecule has 1 aliphatic carbocycles. The third kappa shape index (κ3) is 4.83. The molecule has 0 aliphatic heterocycles. The van der Waals surface area contributed by atoms with Crippen molar-refractivity contribution < 1.29 is 9.53 Å². The molecule has 0 bridgehead atoms. The summed E-state index contributed by atoms with van der Waals surface area (Å²) in [6.45, 7) is 3.95. The van der Waals surface area contributed by atoms with Crippen LogP contribution in [0.2, 0.25) is 0 Å². The third-order valence-corrected chi connectivity index (χ3v) is 4.19. The molecular weight excluding hydrogens is 264 g/mol. The quantitative estimate of drug-likeness (QED) is 0.839. The molecule has 0 unspecified atom stereocenters. The first-order valence-electron chi connectivity index (χ1n) is 7.79. The van der Waals surface area contributed by atoms with Gasteiger partial charge in [-0.05, 0) is 31.4 Å². The second-order valence-electron chi connectivity index (χ2n) is 5.76. The Balaban J connectivity index is 1.92. The Labute approximate surface area is 127 Å². The first-order valence-corrected chi connectivity index (χ1v) is 7.79. The van der Waals surface area contributed by atoms with Crippen LogP contribution in [0.15, 0.2) is 24.3 Å². The molecule has 0 heterocycles. The number of benzene rings is 1. The van der Waals surface area contributed by atoms with Gasteiger partial charge in [0, 0.05) is 25.4 Å². The molecule has 116 valence electrons. The summed E-state index contributed by atoms with van der Waals surface area (Å²) < 4.78 is 5.18. The van der Waals surface area contributed by atoms with Crippen LogP contribution in [0.4, 0.5) is 5.69 Å². The smallest absolute Gasteiger partial charge is 0.238 e. The highest BCUT2D eigenvalue weighted by molar-refractivity contribution is 5.92. The second-order valence-corrected chi connectivity index (χ2v) is 5.76. The lowest BCUT2D eigenvalue weighted by molar-refractivity contribution is -0.118. The summed E-state index contributed by atoms with van der Waals surface area (Å²) in [5, 5.41) is 3.02. The molecule has 1 aromatic carbocycles. The lowest BCUT2D eigenvalue weighted by atomic mass is 10.2. The van der Waals surface area contributed by atoms with Gasteiger partial charge in [0.2, 0.25) is 5.91 Å². The van der Waals surface area contributed by atoms with E-state index in [2.05, 4.69) is 10.2 Å². The maximum atomic E-state index is 12.3. The number of hydrogen-bond acceptors (Lipinski definition) is 3. The number of aryl methyl sites for hydroxylation is 1. The largest absolute Gasteiger partial charge is 0.383 e. The normalized spacial score (nSPS) is 15.6. The predicted octanol–water partition coefficient (Wildman–Crippen LogP) is 2.82. The van der Waals surface area contributed by atoms with Crippen molar-refractivity contribution in [1.29, 1.82) is 0 Å². The van der Waals surface area contributed by atoms with Gasteiger partial charge in [0.1, 0.15) is 0 Å².